The van der Waals surface area contributed by atoms with Gasteiger partial charge in [0.1, 0.15) is 0 Å². The molecule has 0 spiro atoms. The average Bonchev–Trinajstić information content (AvgIpc) is 3.74. The first kappa shape index (κ1) is 101. The zero-order valence-electron chi connectivity index (χ0n) is 72.2. The van der Waals surface area contributed by atoms with Crippen LogP contribution in [-0.2, 0) is 0 Å². The second kappa shape index (κ2) is 98.0. The highest BCUT2D eigenvalue weighted by Gasteiger charge is 2.05. The van der Waals surface area contributed by atoms with Crippen LogP contribution in [0.1, 0.15) is 644 Å². The standard InChI is InChI=1S/C101H204/c1-4-6-7-8-9-10-11-12-13-14-15-16-17-18-19-20-21-22-23-24-25-26-27-28-29-30-31-32-33-34-35-36-37-38-39-40-41-42-43-44-45-46-47-48-49-50-51-52-53-54-55-56-57-58-59-60-61-62-63-64-65-66-67-68-69-70-71-72-73-74-75-76-77-78-79-80-81-82-83-84-85-86-87-88-89-90-91-92-93-94-95-96-97-98-99-100-101(3)5-2/h101H,4-100H2,1-3H3. The van der Waals surface area contributed by atoms with Crippen LogP contribution in [-0.4, -0.2) is 0 Å². The van der Waals surface area contributed by atoms with Crippen LogP contribution in [0.2, 0.25) is 0 Å². The molecule has 0 aromatic heterocycles. The van der Waals surface area contributed by atoms with E-state index in [4.69, 9.17) is 0 Å². The molecule has 0 aromatic carbocycles. The van der Waals surface area contributed by atoms with E-state index in [1.54, 1.807) is 0 Å². The van der Waals surface area contributed by atoms with Crippen molar-refractivity contribution < 1.29 is 0 Å². The Morgan fingerprint density at radius 1 is 0.0990 bits per heavy atom. The van der Waals surface area contributed by atoms with Crippen molar-refractivity contribution in [1.29, 1.82) is 0 Å². The Balaban J connectivity index is 3.09. The van der Waals surface area contributed by atoms with Crippen LogP contribution in [0.15, 0.2) is 0 Å². The van der Waals surface area contributed by atoms with Gasteiger partial charge in [0.25, 0.3) is 0 Å². The molecule has 0 N–H and O–H groups in total. The highest BCUT2D eigenvalue weighted by molar-refractivity contribution is 4.60. The molecule has 0 rings (SSSR count). The lowest BCUT2D eigenvalue weighted by atomic mass is 9.99. The Kier molecular flexibility index (Phi) is 98.0. The maximum Gasteiger partial charge on any atom is -0.0445 e. The number of hydrogen-bond donors (Lipinski definition) is 0. The monoisotopic (exact) mass is 1420 g/mol. The number of hydrogen-bond acceptors (Lipinski definition) is 0. The fraction of sp³-hybridized carbons (Fsp3) is 1.00. The van der Waals surface area contributed by atoms with Gasteiger partial charge in [0.05, 0.1) is 0 Å². The van der Waals surface area contributed by atoms with E-state index >= 15 is 0 Å². The first-order valence-corrected chi connectivity index (χ1v) is 50.3. The van der Waals surface area contributed by atoms with Crippen molar-refractivity contribution in [2.75, 3.05) is 0 Å². The minimum atomic E-state index is 0.945. The van der Waals surface area contributed by atoms with Gasteiger partial charge < -0.3 is 0 Å². The average molecular weight is 1420 g/mol. The molecule has 0 fully saturated rings. The Morgan fingerprint density at radius 2 is 0.168 bits per heavy atom. The summed E-state index contributed by atoms with van der Waals surface area (Å²) in [4.78, 5) is 0. The van der Waals surface area contributed by atoms with E-state index in [9.17, 15) is 0 Å². The van der Waals surface area contributed by atoms with E-state index in [2.05, 4.69) is 20.8 Å². The largest absolute Gasteiger partial charge is 0.0654 e. The lowest BCUT2D eigenvalue weighted by Gasteiger charge is -2.07. The smallest absolute Gasteiger partial charge is 0.0445 e. The molecule has 0 saturated carbocycles. The van der Waals surface area contributed by atoms with Gasteiger partial charge in [0, 0.05) is 0 Å². The van der Waals surface area contributed by atoms with Crippen LogP contribution in [0.4, 0.5) is 0 Å². The molecule has 0 heterocycles. The van der Waals surface area contributed by atoms with Gasteiger partial charge in [0.2, 0.25) is 0 Å². The second-order valence-electron chi connectivity index (χ2n) is 35.5. The van der Waals surface area contributed by atoms with Gasteiger partial charge in [-0.15, -0.1) is 0 Å². The van der Waals surface area contributed by atoms with E-state index in [1.807, 2.05) is 0 Å². The topological polar surface area (TPSA) is 0 Å². The van der Waals surface area contributed by atoms with Gasteiger partial charge in [-0.3, -0.25) is 0 Å². The molecule has 1 atom stereocenters. The van der Waals surface area contributed by atoms with E-state index in [0.29, 0.717) is 0 Å². The van der Waals surface area contributed by atoms with Crippen molar-refractivity contribution in [1.82, 2.24) is 0 Å². The zero-order chi connectivity index (χ0) is 72.2. The van der Waals surface area contributed by atoms with Crippen LogP contribution < -0.4 is 0 Å². The summed E-state index contributed by atoms with van der Waals surface area (Å²) < 4.78 is 0. The van der Waals surface area contributed by atoms with Crippen molar-refractivity contribution in [2.24, 2.45) is 5.92 Å². The van der Waals surface area contributed by atoms with E-state index in [0.717, 1.165) is 5.92 Å². The van der Waals surface area contributed by atoms with Gasteiger partial charge in [-0.05, 0) is 5.92 Å². The quantitative estimate of drug-likeness (QED) is 0.0533. The van der Waals surface area contributed by atoms with Crippen LogP contribution in [0.3, 0.4) is 0 Å². The maximum absolute atomic E-state index is 2.41. The lowest BCUT2D eigenvalue weighted by molar-refractivity contribution is 0.468. The summed E-state index contributed by atoms with van der Waals surface area (Å²) in [7, 11) is 0. The predicted molar refractivity (Wildman–Crippen MR) is 468 cm³/mol. The van der Waals surface area contributed by atoms with E-state index in [1.165, 1.54) is 623 Å². The second-order valence-corrected chi connectivity index (χ2v) is 35.5. The first-order valence-electron chi connectivity index (χ1n) is 50.3. The fourth-order valence-electron chi connectivity index (χ4n) is 17.2. The minimum absolute atomic E-state index is 0.945. The molecule has 0 aliphatic carbocycles. The van der Waals surface area contributed by atoms with Gasteiger partial charge in [-0.2, -0.15) is 0 Å². The molecule has 608 valence electrons. The molecule has 0 radical (unpaired) electrons. The Morgan fingerprint density at radius 3 is 0.238 bits per heavy atom. The molecule has 0 saturated heterocycles. The Hall–Kier alpha value is 0. The van der Waals surface area contributed by atoms with E-state index < -0.39 is 0 Å². The maximum atomic E-state index is 2.41. The van der Waals surface area contributed by atoms with Gasteiger partial charge >= 0.3 is 0 Å². The third kappa shape index (κ3) is 98.0. The van der Waals surface area contributed by atoms with Crippen molar-refractivity contribution in [2.45, 2.75) is 644 Å². The summed E-state index contributed by atoms with van der Waals surface area (Å²) in [5.41, 5.74) is 0. The molecule has 0 nitrogen and oxygen atoms in total. The molecular weight excluding hydrogens is 1210 g/mol. The third-order valence-corrected chi connectivity index (χ3v) is 25.0. The van der Waals surface area contributed by atoms with Crippen LogP contribution in [0.25, 0.3) is 0 Å². The molecule has 0 bridgehead atoms. The van der Waals surface area contributed by atoms with Crippen LogP contribution >= 0.6 is 0 Å². The molecule has 0 aliphatic heterocycles. The minimum Gasteiger partial charge on any atom is -0.0654 e. The lowest BCUT2D eigenvalue weighted by Crippen LogP contribution is -1.91. The van der Waals surface area contributed by atoms with Crippen molar-refractivity contribution >= 4 is 0 Å². The summed E-state index contributed by atoms with van der Waals surface area (Å²) in [5, 5.41) is 0. The van der Waals surface area contributed by atoms with Gasteiger partial charge in [-0.1, -0.05) is 644 Å². The molecule has 0 amide bonds. The molecular formula is C101H204. The summed E-state index contributed by atoms with van der Waals surface area (Å²) >= 11 is 0. The number of rotatable bonds is 97. The van der Waals surface area contributed by atoms with Crippen LogP contribution in [0, 0.1) is 5.92 Å². The van der Waals surface area contributed by atoms with Gasteiger partial charge in [0.15, 0.2) is 0 Å². The van der Waals surface area contributed by atoms with Crippen LogP contribution in [0.5, 0.6) is 0 Å². The zero-order valence-corrected chi connectivity index (χ0v) is 72.2. The van der Waals surface area contributed by atoms with E-state index in [-0.39, 0.29) is 0 Å². The highest BCUT2D eigenvalue weighted by Crippen LogP contribution is 2.24. The summed E-state index contributed by atoms with van der Waals surface area (Å²) in [6.07, 6.45) is 145. The SMILES string of the molecule is CCCCCCCCCCCCCCCCCCCCCCCCCCCCCCCCCCCCCCCCCCCCCCCCCCCCCCCCCCCCCCCCCCCCCCCCCCCCCCCCCCCCCCCCCCCCCCCCCC(C)CC. The molecule has 0 aromatic rings. The van der Waals surface area contributed by atoms with Crippen molar-refractivity contribution in [3.05, 3.63) is 0 Å². The summed E-state index contributed by atoms with van der Waals surface area (Å²) in [5.74, 6) is 0.945. The summed E-state index contributed by atoms with van der Waals surface area (Å²) in [6, 6.07) is 0. The predicted octanol–water partition coefficient (Wildman–Crippen LogP) is 39.5. The normalized spacial score (nSPS) is 12.1. The van der Waals surface area contributed by atoms with Crippen molar-refractivity contribution in [3.63, 3.8) is 0 Å². The molecule has 0 heteroatoms. The summed E-state index contributed by atoms with van der Waals surface area (Å²) in [6.45, 7) is 7.07. The first-order chi connectivity index (χ1) is 50.3. The Bertz CT molecular complexity index is 1330. The number of unbranched alkanes of at least 4 members (excludes halogenated alkanes) is 94. The molecule has 101 heavy (non-hydrogen) atoms. The molecule has 0 aliphatic rings. The fourth-order valence-corrected chi connectivity index (χ4v) is 17.2. The Labute approximate surface area is 645 Å². The van der Waals surface area contributed by atoms with Crippen molar-refractivity contribution in [3.8, 4) is 0 Å². The molecule has 1 unspecified atom stereocenters. The third-order valence-electron chi connectivity index (χ3n) is 25.0. The highest BCUT2D eigenvalue weighted by atomic mass is 14.1. The van der Waals surface area contributed by atoms with Gasteiger partial charge in [-0.25, -0.2) is 0 Å².